The van der Waals surface area contributed by atoms with Crippen LogP contribution in [0.25, 0.3) is 0 Å². The third-order valence-corrected chi connectivity index (χ3v) is 11.8. The monoisotopic (exact) mass is 502 g/mol. The molecular formula is C32H54O4. The molecule has 0 aliphatic heterocycles. The summed E-state index contributed by atoms with van der Waals surface area (Å²) in [5, 5.41) is 11.8. The van der Waals surface area contributed by atoms with Crippen LogP contribution in [0.2, 0.25) is 0 Å². The van der Waals surface area contributed by atoms with Crippen molar-refractivity contribution in [2.24, 2.45) is 46.3 Å². The number of ether oxygens (including phenoxy) is 2. The van der Waals surface area contributed by atoms with Crippen LogP contribution in [0.15, 0.2) is 12.7 Å². The van der Waals surface area contributed by atoms with Gasteiger partial charge in [-0.2, -0.15) is 0 Å². The van der Waals surface area contributed by atoms with Crippen LogP contribution < -0.4 is 0 Å². The molecule has 0 aromatic rings. The Labute approximate surface area is 221 Å². The number of aliphatic hydroxyl groups is 1. The molecule has 0 aromatic heterocycles. The number of fused-ring (bicyclic) bond motifs is 5. The van der Waals surface area contributed by atoms with Crippen molar-refractivity contribution in [3.05, 3.63) is 12.7 Å². The molecule has 0 amide bonds. The summed E-state index contributed by atoms with van der Waals surface area (Å²) >= 11 is 0. The predicted octanol–water partition coefficient (Wildman–Crippen LogP) is 7.34. The van der Waals surface area contributed by atoms with Crippen LogP contribution in [0.1, 0.15) is 111 Å². The van der Waals surface area contributed by atoms with Crippen molar-refractivity contribution in [3.63, 3.8) is 0 Å². The lowest BCUT2D eigenvalue weighted by atomic mass is 9.43. The lowest BCUT2D eigenvalue weighted by Gasteiger charge is -2.62. The zero-order valence-corrected chi connectivity index (χ0v) is 23.7. The molecule has 0 saturated heterocycles. The molecule has 0 radical (unpaired) electrons. The first-order valence-corrected chi connectivity index (χ1v) is 15.3. The number of unbranched alkanes of at least 4 members (excludes halogenated alkanes) is 2. The van der Waals surface area contributed by atoms with Crippen molar-refractivity contribution < 1.29 is 19.4 Å². The van der Waals surface area contributed by atoms with E-state index >= 15 is 0 Å². The van der Waals surface area contributed by atoms with Crippen LogP contribution in [0.4, 0.5) is 0 Å². The maximum absolute atomic E-state index is 12.1. The summed E-state index contributed by atoms with van der Waals surface area (Å²) in [6.45, 7) is 14.4. The molecule has 4 aliphatic rings. The highest BCUT2D eigenvalue weighted by atomic mass is 16.5. The first kappa shape index (κ1) is 28.1. The van der Waals surface area contributed by atoms with Crippen LogP contribution in [-0.4, -0.2) is 36.5 Å². The fourth-order valence-electron chi connectivity index (χ4n) is 9.67. The zero-order valence-electron chi connectivity index (χ0n) is 23.7. The minimum atomic E-state index is -0.231. The van der Waals surface area contributed by atoms with Crippen molar-refractivity contribution in [3.8, 4) is 0 Å². The Morgan fingerprint density at radius 3 is 2.67 bits per heavy atom. The summed E-state index contributed by atoms with van der Waals surface area (Å²) in [6.07, 6.45) is 16.6. The first-order chi connectivity index (χ1) is 17.3. The number of rotatable bonds is 11. The Bertz CT molecular complexity index is 750. The highest BCUT2D eigenvalue weighted by Crippen LogP contribution is 2.68. The van der Waals surface area contributed by atoms with Gasteiger partial charge in [0.05, 0.1) is 12.2 Å². The van der Waals surface area contributed by atoms with Crippen molar-refractivity contribution in [1.29, 1.82) is 0 Å². The van der Waals surface area contributed by atoms with Crippen LogP contribution in [-0.2, 0) is 14.3 Å². The topological polar surface area (TPSA) is 55.8 Å². The van der Waals surface area contributed by atoms with Gasteiger partial charge in [0.25, 0.3) is 0 Å². The Morgan fingerprint density at radius 1 is 1.11 bits per heavy atom. The molecule has 4 rings (SSSR count). The Kier molecular flexibility index (Phi) is 9.30. The Morgan fingerprint density at radius 2 is 1.92 bits per heavy atom. The summed E-state index contributed by atoms with van der Waals surface area (Å²) < 4.78 is 11.6. The number of aliphatic hydroxyl groups excluding tert-OH is 1. The van der Waals surface area contributed by atoms with E-state index in [0.29, 0.717) is 48.2 Å². The highest BCUT2D eigenvalue weighted by Gasteiger charge is 2.63. The van der Waals surface area contributed by atoms with Crippen molar-refractivity contribution >= 4 is 5.97 Å². The van der Waals surface area contributed by atoms with Gasteiger partial charge in [0.15, 0.2) is 0 Å². The molecule has 0 aromatic carbocycles. The summed E-state index contributed by atoms with van der Waals surface area (Å²) in [6, 6.07) is 0. The van der Waals surface area contributed by atoms with Crippen molar-refractivity contribution in [2.45, 2.75) is 123 Å². The fraction of sp³-hybridized carbons (Fsp3) is 0.906. The fourth-order valence-corrected chi connectivity index (χ4v) is 9.67. The summed E-state index contributed by atoms with van der Waals surface area (Å²) in [4.78, 5) is 12.1. The van der Waals surface area contributed by atoms with E-state index in [-0.39, 0.29) is 17.5 Å². The second-order valence-electron chi connectivity index (χ2n) is 13.4. The standard InChI is InChI=1S/C32H54O4/c1-6-8-9-19-35-24-16-17-31(4)23(20-24)11-12-25-27-14-13-26(32(27,5)29(33)21-28(25)31)22(3)10-15-30(34)36-18-7-2/h7,22-29,33H,2,6,8-21H2,1,3-5H3/t22-,23?,24-,25+,26-,27+,28+,29+,31+,32-/m1/s1. The molecule has 0 heterocycles. The van der Waals surface area contributed by atoms with Gasteiger partial charge < -0.3 is 14.6 Å². The quantitative estimate of drug-likeness (QED) is 0.182. The van der Waals surface area contributed by atoms with Crippen LogP contribution in [0, 0.1) is 46.3 Å². The number of carbonyl (C=O) groups is 1. The van der Waals surface area contributed by atoms with Gasteiger partial charge in [0, 0.05) is 13.0 Å². The molecular weight excluding hydrogens is 448 g/mol. The van der Waals surface area contributed by atoms with E-state index in [0.717, 1.165) is 31.3 Å². The van der Waals surface area contributed by atoms with E-state index in [4.69, 9.17) is 9.47 Å². The van der Waals surface area contributed by atoms with Crippen molar-refractivity contribution in [1.82, 2.24) is 0 Å². The van der Waals surface area contributed by atoms with Gasteiger partial charge in [-0.3, -0.25) is 4.79 Å². The SMILES string of the molecule is C=CCOC(=O)CC[C@@H](C)[C@H]1CC[C@H]2[C@@H]3CCC4C[C@H](OCCCCC)CC[C@]4(C)[C@H]3C[C@H](O)[C@]12C. The summed E-state index contributed by atoms with van der Waals surface area (Å²) in [5.74, 6) is 3.55. The maximum Gasteiger partial charge on any atom is 0.306 e. The van der Waals surface area contributed by atoms with Gasteiger partial charge in [0.1, 0.15) is 6.61 Å². The summed E-state index contributed by atoms with van der Waals surface area (Å²) in [5.41, 5.74) is 0.335. The van der Waals surface area contributed by atoms with Crippen LogP contribution in [0.3, 0.4) is 0 Å². The van der Waals surface area contributed by atoms with Gasteiger partial charge in [-0.1, -0.05) is 53.2 Å². The number of esters is 1. The van der Waals surface area contributed by atoms with Crippen LogP contribution >= 0.6 is 0 Å². The molecule has 0 bridgehead atoms. The molecule has 4 saturated carbocycles. The molecule has 1 N–H and O–H groups in total. The maximum atomic E-state index is 12.1. The van der Waals surface area contributed by atoms with E-state index in [1.807, 2.05) is 0 Å². The molecule has 10 atom stereocenters. The molecule has 4 fully saturated rings. The third-order valence-electron chi connectivity index (χ3n) is 11.8. The van der Waals surface area contributed by atoms with Gasteiger partial charge in [0.2, 0.25) is 0 Å². The first-order valence-electron chi connectivity index (χ1n) is 15.3. The zero-order chi connectivity index (χ0) is 25.9. The van der Waals surface area contributed by atoms with Gasteiger partial charge in [-0.25, -0.2) is 0 Å². The van der Waals surface area contributed by atoms with E-state index in [1.54, 1.807) is 6.08 Å². The average Bonchev–Trinajstić information content (AvgIpc) is 3.23. The number of carbonyl (C=O) groups excluding carboxylic acids is 1. The van der Waals surface area contributed by atoms with E-state index < -0.39 is 0 Å². The Balaban J connectivity index is 1.39. The van der Waals surface area contributed by atoms with E-state index in [1.165, 1.54) is 64.2 Å². The smallest absolute Gasteiger partial charge is 0.306 e. The van der Waals surface area contributed by atoms with Gasteiger partial charge in [-0.05, 0) is 111 Å². The second kappa shape index (κ2) is 11.9. The highest BCUT2D eigenvalue weighted by molar-refractivity contribution is 5.69. The second-order valence-corrected chi connectivity index (χ2v) is 13.4. The van der Waals surface area contributed by atoms with Crippen LogP contribution in [0.5, 0.6) is 0 Å². The van der Waals surface area contributed by atoms with E-state index in [2.05, 4.69) is 34.3 Å². The van der Waals surface area contributed by atoms with Gasteiger partial charge >= 0.3 is 5.97 Å². The molecule has 4 nitrogen and oxygen atoms in total. The molecule has 4 heteroatoms. The number of hydrogen-bond acceptors (Lipinski definition) is 4. The molecule has 36 heavy (non-hydrogen) atoms. The average molecular weight is 503 g/mol. The minimum Gasteiger partial charge on any atom is -0.461 e. The minimum absolute atomic E-state index is 0.0195. The summed E-state index contributed by atoms with van der Waals surface area (Å²) in [7, 11) is 0. The molecule has 206 valence electrons. The van der Waals surface area contributed by atoms with E-state index in [9.17, 15) is 9.90 Å². The molecule has 0 spiro atoms. The van der Waals surface area contributed by atoms with Gasteiger partial charge in [-0.15, -0.1) is 0 Å². The Hall–Kier alpha value is -0.870. The molecule has 4 aliphatic carbocycles. The normalized spacial score (nSPS) is 42.6. The third kappa shape index (κ3) is 5.33. The lowest BCUT2D eigenvalue weighted by molar-refractivity contribution is -0.178. The largest absolute Gasteiger partial charge is 0.461 e. The van der Waals surface area contributed by atoms with Crippen molar-refractivity contribution in [2.75, 3.05) is 13.2 Å². The molecule has 1 unspecified atom stereocenters. The lowest BCUT2D eigenvalue weighted by Crippen LogP contribution is -2.58. The number of hydrogen-bond donors (Lipinski definition) is 1. The predicted molar refractivity (Wildman–Crippen MR) is 145 cm³/mol.